The number of thiol groups is 2. The highest BCUT2D eigenvalue weighted by Gasteiger charge is 2.27. The van der Waals surface area contributed by atoms with Crippen molar-refractivity contribution in [2.24, 2.45) is 0 Å². The monoisotopic (exact) mass is 514 g/mol. The molecule has 0 aromatic heterocycles. The maximum Gasteiger partial charge on any atom is 0.227 e. The number of aryl methyl sites for hydroxylation is 2. The van der Waals surface area contributed by atoms with E-state index in [0.29, 0.717) is 17.5 Å². The Hall–Kier alpha value is -0.960. The Balaban J connectivity index is 2.52. The zero-order chi connectivity index (χ0) is 23.9. The van der Waals surface area contributed by atoms with E-state index < -0.39 is 17.7 Å². The van der Waals surface area contributed by atoms with Gasteiger partial charge in [-0.2, -0.15) is 0 Å². The van der Waals surface area contributed by atoms with E-state index in [9.17, 15) is 16.8 Å². The predicted octanol–water partition coefficient (Wildman–Crippen LogP) is 6.81. The maximum absolute atomic E-state index is 12.5. The minimum atomic E-state index is -3.78. The van der Waals surface area contributed by atoms with E-state index >= 15 is 0 Å². The highest BCUT2D eigenvalue weighted by atomic mass is 33.1. The van der Waals surface area contributed by atoms with Crippen molar-refractivity contribution in [2.75, 3.05) is 0 Å². The number of hydrogen-bond donors (Lipinski definition) is 2. The molecular formula is C24H34O4S4. The van der Waals surface area contributed by atoms with Crippen LogP contribution in [0.2, 0.25) is 0 Å². The van der Waals surface area contributed by atoms with Gasteiger partial charge in [-0.3, -0.25) is 0 Å². The topological polar surface area (TPSA) is 68.3 Å². The lowest BCUT2D eigenvalue weighted by Gasteiger charge is -2.23. The van der Waals surface area contributed by atoms with Crippen molar-refractivity contribution in [3.05, 3.63) is 58.7 Å². The van der Waals surface area contributed by atoms with Gasteiger partial charge < -0.3 is 0 Å². The summed E-state index contributed by atoms with van der Waals surface area (Å²) in [4.78, 5) is 0.256. The fourth-order valence-electron chi connectivity index (χ4n) is 4.13. The molecule has 8 heteroatoms. The molecule has 0 N–H and O–H groups in total. The maximum atomic E-state index is 12.5. The summed E-state index contributed by atoms with van der Waals surface area (Å²) in [5, 5.41) is 0. The fraction of sp³-hybridized carbons (Fsp3) is 0.500. The summed E-state index contributed by atoms with van der Waals surface area (Å²) < 4.78 is 49.8. The lowest BCUT2D eigenvalue weighted by atomic mass is 9.85. The van der Waals surface area contributed by atoms with E-state index in [0.717, 1.165) is 30.4 Å². The molecule has 0 spiro atoms. The van der Waals surface area contributed by atoms with E-state index in [1.54, 1.807) is 24.3 Å². The summed E-state index contributed by atoms with van der Waals surface area (Å²) in [5.41, 5.74) is 3.01. The van der Waals surface area contributed by atoms with Crippen molar-refractivity contribution in [3.63, 3.8) is 0 Å². The molecule has 2 rings (SSSR count). The van der Waals surface area contributed by atoms with Crippen molar-refractivity contribution >= 4 is 41.1 Å². The lowest BCUT2D eigenvalue weighted by Crippen LogP contribution is -2.11. The molecule has 0 radical (unpaired) electrons. The third kappa shape index (κ3) is 7.82. The van der Waals surface area contributed by atoms with Gasteiger partial charge in [-0.15, -0.1) is 0 Å². The molecule has 0 fully saturated rings. The second kappa shape index (κ2) is 12.0. The smallest absolute Gasteiger partial charge is 0.212 e. The van der Waals surface area contributed by atoms with Crippen molar-refractivity contribution in [1.82, 2.24) is 0 Å². The van der Waals surface area contributed by atoms with Crippen LogP contribution in [0.15, 0.2) is 46.2 Å². The molecule has 2 aromatic rings. The van der Waals surface area contributed by atoms with Crippen molar-refractivity contribution in [1.29, 1.82) is 0 Å². The molecule has 0 amide bonds. The minimum absolute atomic E-state index is 0.128. The van der Waals surface area contributed by atoms with Crippen molar-refractivity contribution < 1.29 is 16.8 Å². The molecule has 4 nitrogen and oxygen atoms in total. The third-order valence-electron chi connectivity index (χ3n) is 5.73. The van der Waals surface area contributed by atoms with Crippen LogP contribution in [0.4, 0.5) is 0 Å². The average molecular weight is 515 g/mol. The van der Waals surface area contributed by atoms with Crippen LogP contribution in [-0.4, -0.2) is 16.8 Å². The molecular weight excluding hydrogens is 481 g/mol. The van der Waals surface area contributed by atoms with Crippen LogP contribution < -0.4 is 0 Å². The molecule has 0 saturated carbocycles. The summed E-state index contributed by atoms with van der Waals surface area (Å²) in [6.07, 6.45) is 8.49. The molecule has 0 unspecified atom stereocenters. The third-order valence-corrected chi connectivity index (χ3v) is 8.77. The molecule has 178 valence electrons. The molecule has 0 atom stereocenters. The summed E-state index contributed by atoms with van der Waals surface area (Å²) in [7, 11) is -7.56. The van der Waals surface area contributed by atoms with Gasteiger partial charge in [-0.05, 0) is 66.8 Å². The summed E-state index contributed by atoms with van der Waals surface area (Å²) in [5.74, 6) is -0.390. The average Bonchev–Trinajstić information content (AvgIpc) is 2.68. The van der Waals surface area contributed by atoms with Gasteiger partial charge >= 0.3 is 0 Å². The highest BCUT2D eigenvalue weighted by molar-refractivity contribution is 8.63. The Morgan fingerprint density at radius 3 is 1.50 bits per heavy atom. The van der Waals surface area contributed by atoms with Crippen LogP contribution in [-0.2, 0) is 17.7 Å². The highest BCUT2D eigenvalue weighted by Crippen LogP contribution is 2.39. The second-order valence-electron chi connectivity index (χ2n) is 8.50. The van der Waals surface area contributed by atoms with Gasteiger partial charge in [0.1, 0.15) is 0 Å². The van der Waals surface area contributed by atoms with Crippen LogP contribution >= 0.6 is 23.3 Å². The molecule has 0 heterocycles. The van der Waals surface area contributed by atoms with E-state index in [1.165, 1.54) is 25.7 Å². The Morgan fingerprint density at radius 2 is 1.09 bits per heavy atom. The van der Waals surface area contributed by atoms with Gasteiger partial charge in [0.25, 0.3) is 0 Å². The summed E-state index contributed by atoms with van der Waals surface area (Å²) >= 11 is 7.71. The summed E-state index contributed by atoms with van der Waals surface area (Å²) in [6.45, 7) is 5.99. The molecule has 0 aliphatic rings. The quantitative estimate of drug-likeness (QED) is 0.185. The zero-order valence-electron chi connectivity index (χ0n) is 19.0. The first kappa shape index (κ1) is 27.3. The normalized spacial score (nSPS) is 12.4. The summed E-state index contributed by atoms with van der Waals surface area (Å²) in [6, 6.07) is 10.3. The second-order valence-corrected chi connectivity index (χ2v) is 14.2. The van der Waals surface area contributed by atoms with Gasteiger partial charge in [-0.1, -0.05) is 87.3 Å². The predicted molar refractivity (Wildman–Crippen MR) is 139 cm³/mol. The molecule has 2 aromatic carbocycles. The van der Waals surface area contributed by atoms with E-state index in [2.05, 4.69) is 30.2 Å². The standard InChI is InChI=1S/C24H34O4S4/c1-4-5-6-7-8-9-10-11-20(21-16-18(2)12-14-23(21)31(25,26)29)22-17-19(3)13-15-24(22)32(27,28)30/h12-17,20H,4-11H2,1-3H3,(H,25,26,29)(H,27,28,30). The van der Waals surface area contributed by atoms with Crippen LogP contribution in [0.5, 0.6) is 0 Å². The van der Waals surface area contributed by atoms with E-state index in [4.69, 9.17) is 0 Å². The Labute approximate surface area is 203 Å². The van der Waals surface area contributed by atoms with Crippen LogP contribution in [0.3, 0.4) is 0 Å². The lowest BCUT2D eigenvalue weighted by molar-refractivity contribution is 0.551. The molecule has 0 saturated heterocycles. The molecule has 32 heavy (non-hydrogen) atoms. The van der Waals surface area contributed by atoms with Crippen LogP contribution in [0.1, 0.15) is 86.5 Å². The van der Waals surface area contributed by atoms with Gasteiger partial charge in [0.15, 0.2) is 0 Å². The Morgan fingerprint density at radius 1 is 0.688 bits per heavy atom. The Bertz CT molecular complexity index is 1040. The van der Waals surface area contributed by atoms with Crippen LogP contribution in [0, 0.1) is 13.8 Å². The van der Waals surface area contributed by atoms with E-state index in [1.807, 2.05) is 26.0 Å². The first-order chi connectivity index (χ1) is 14.9. The number of hydrogen-bond acceptors (Lipinski definition) is 4. The van der Waals surface area contributed by atoms with Crippen molar-refractivity contribution in [2.45, 2.75) is 87.8 Å². The van der Waals surface area contributed by atoms with Crippen LogP contribution in [0.25, 0.3) is 0 Å². The fourth-order valence-corrected chi connectivity index (χ4v) is 6.61. The van der Waals surface area contributed by atoms with Gasteiger partial charge in [0.2, 0.25) is 17.7 Å². The first-order valence-electron chi connectivity index (χ1n) is 11.1. The number of benzene rings is 2. The van der Waals surface area contributed by atoms with Gasteiger partial charge in [-0.25, -0.2) is 16.8 Å². The van der Waals surface area contributed by atoms with Gasteiger partial charge in [0, 0.05) is 5.92 Å². The SMILES string of the molecule is CCCCCCCCCC(c1cc(C)ccc1S(=O)(=O)S)c1cc(C)ccc1S(=O)(=O)S. The largest absolute Gasteiger partial charge is 0.227 e. The first-order valence-corrected chi connectivity index (χ1v) is 16.2. The molecule has 0 aliphatic carbocycles. The van der Waals surface area contributed by atoms with Gasteiger partial charge in [0.05, 0.1) is 9.79 Å². The Kier molecular flexibility index (Phi) is 10.2. The zero-order valence-corrected chi connectivity index (χ0v) is 22.5. The number of unbranched alkanes of at least 4 members (excludes halogenated alkanes) is 6. The minimum Gasteiger partial charge on any atom is -0.212 e. The number of rotatable bonds is 12. The molecule has 0 aliphatic heterocycles. The molecule has 0 bridgehead atoms. The van der Waals surface area contributed by atoms with E-state index in [-0.39, 0.29) is 15.7 Å². The van der Waals surface area contributed by atoms with Crippen molar-refractivity contribution in [3.8, 4) is 0 Å².